The number of nitrogens with zero attached hydrogens (tertiary/aromatic N) is 1. The quantitative estimate of drug-likeness (QED) is 0.704. The molecule has 0 bridgehead atoms. The third-order valence-electron chi connectivity index (χ3n) is 3.29. The lowest BCUT2D eigenvalue weighted by atomic mass is 10.1. The van der Waals surface area contributed by atoms with Gasteiger partial charge in [-0.3, -0.25) is 9.78 Å². The van der Waals surface area contributed by atoms with Crippen LogP contribution in [0.1, 0.15) is 17.3 Å². The van der Waals surface area contributed by atoms with Crippen LogP contribution in [-0.2, 0) is 0 Å². The average molecular weight is 297 g/mol. The van der Waals surface area contributed by atoms with Crippen LogP contribution in [-0.4, -0.2) is 10.8 Å². The summed E-state index contributed by atoms with van der Waals surface area (Å²) in [5.74, 6) is 0.0580. The van der Waals surface area contributed by atoms with Gasteiger partial charge in [0.15, 0.2) is 5.78 Å². The number of carbonyl (C=O) groups excluding carboxylic acids is 1. The van der Waals surface area contributed by atoms with Gasteiger partial charge in [0.1, 0.15) is 0 Å². The van der Waals surface area contributed by atoms with Crippen LogP contribution >= 0.6 is 11.6 Å². The second kappa shape index (κ2) is 5.54. The molecule has 0 amide bonds. The van der Waals surface area contributed by atoms with Crippen LogP contribution in [0.3, 0.4) is 0 Å². The van der Waals surface area contributed by atoms with Crippen LogP contribution in [0.25, 0.3) is 10.9 Å². The van der Waals surface area contributed by atoms with Crippen LogP contribution in [0.5, 0.6) is 0 Å². The molecular formula is C17H13ClN2O. The highest BCUT2D eigenvalue weighted by Gasteiger charge is 2.05. The van der Waals surface area contributed by atoms with Gasteiger partial charge >= 0.3 is 0 Å². The highest BCUT2D eigenvalue weighted by Crippen LogP contribution is 2.29. The minimum Gasteiger partial charge on any atom is -0.355 e. The van der Waals surface area contributed by atoms with Gasteiger partial charge in [-0.25, -0.2) is 0 Å². The molecular weight excluding hydrogens is 284 g/mol. The van der Waals surface area contributed by atoms with E-state index in [9.17, 15) is 4.79 Å². The first kappa shape index (κ1) is 13.6. The van der Waals surface area contributed by atoms with E-state index in [4.69, 9.17) is 11.6 Å². The molecule has 104 valence electrons. The molecule has 21 heavy (non-hydrogen) atoms. The third kappa shape index (κ3) is 2.73. The van der Waals surface area contributed by atoms with Gasteiger partial charge in [-0.2, -0.15) is 0 Å². The number of aromatic nitrogens is 1. The molecule has 4 heteroatoms. The zero-order valence-electron chi connectivity index (χ0n) is 11.4. The van der Waals surface area contributed by atoms with Gasteiger partial charge in [-0.1, -0.05) is 23.7 Å². The summed E-state index contributed by atoms with van der Waals surface area (Å²) >= 11 is 6.16. The van der Waals surface area contributed by atoms with Crippen molar-refractivity contribution in [1.29, 1.82) is 0 Å². The number of Topliss-reactive ketones (excluding diaryl/α,β-unsaturated/α-hetero) is 1. The van der Waals surface area contributed by atoms with Gasteiger partial charge in [0.25, 0.3) is 0 Å². The fourth-order valence-corrected chi connectivity index (χ4v) is 2.42. The summed E-state index contributed by atoms with van der Waals surface area (Å²) in [6.07, 6.45) is 1.72. The highest BCUT2D eigenvalue weighted by molar-refractivity contribution is 6.35. The van der Waals surface area contributed by atoms with E-state index in [2.05, 4.69) is 10.3 Å². The Morgan fingerprint density at radius 3 is 2.57 bits per heavy atom. The number of carbonyl (C=O) groups is 1. The number of ketones is 1. The predicted octanol–water partition coefficient (Wildman–Crippen LogP) is 4.83. The van der Waals surface area contributed by atoms with E-state index in [-0.39, 0.29) is 5.78 Å². The summed E-state index contributed by atoms with van der Waals surface area (Å²) in [6.45, 7) is 1.56. The summed E-state index contributed by atoms with van der Waals surface area (Å²) in [5.41, 5.74) is 3.30. The van der Waals surface area contributed by atoms with Gasteiger partial charge in [-0.15, -0.1) is 0 Å². The smallest absolute Gasteiger partial charge is 0.159 e. The van der Waals surface area contributed by atoms with Crippen LogP contribution < -0.4 is 5.32 Å². The Bertz CT molecular complexity index is 813. The summed E-state index contributed by atoms with van der Waals surface area (Å²) in [6, 6.07) is 15.0. The zero-order valence-corrected chi connectivity index (χ0v) is 12.2. The molecule has 1 heterocycles. The molecule has 0 aliphatic rings. The van der Waals surface area contributed by atoms with Gasteiger partial charge in [0, 0.05) is 28.5 Å². The number of hydrogen-bond donors (Lipinski definition) is 1. The lowest BCUT2D eigenvalue weighted by Gasteiger charge is -2.10. The molecule has 0 spiro atoms. The van der Waals surface area contributed by atoms with Gasteiger partial charge in [-0.05, 0) is 43.3 Å². The van der Waals surface area contributed by atoms with Crippen molar-refractivity contribution in [2.75, 3.05) is 5.32 Å². The number of hydrogen-bond acceptors (Lipinski definition) is 3. The van der Waals surface area contributed by atoms with Crippen molar-refractivity contribution in [2.45, 2.75) is 6.92 Å². The van der Waals surface area contributed by atoms with Crippen LogP contribution in [0, 0.1) is 0 Å². The van der Waals surface area contributed by atoms with Crippen molar-refractivity contribution in [3.05, 3.63) is 65.3 Å². The maximum atomic E-state index is 11.3. The molecule has 0 atom stereocenters. The maximum absolute atomic E-state index is 11.3. The van der Waals surface area contributed by atoms with Crippen molar-refractivity contribution in [1.82, 2.24) is 4.98 Å². The number of fused-ring (bicyclic) bond motifs is 1. The Morgan fingerprint density at radius 2 is 1.86 bits per heavy atom. The molecule has 0 unspecified atom stereocenters. The Labute approximate surface area is 127 Å². The first-order valence-electron chi connectivity index (χ1n) is 6.56. The molecule has 0 fully saturated rings. The standard InChI is InChI=1S/C17H13ClN2O/c1-11(21)12-5-7-13(8-6-12)20-16-9-10-19-17-14(16)3-2-4-15(17)18/h2-10H,1H3,(H,19,20). The Hall–Kier alpha value is -2.39. The molecule has 1 N–H and O–H groups in total. The highest BCUT2D eigenvalue weighted by atomic mass is 35.5. The molecule has 2 aromatic carbocycles. The molecule has 3 rings (SSSR count). The van der Waals surface area contributed by atoms with Crippen molar-refractivity contribution < 1.29 is 4.79 Å². The Kier molecular flexibility index (Phi) is 3.59. The fourth-order valence-electron chi connectivity index (χ4n) is 2.19. The molecule has 0 radical (unpaired) electrons. The minimum atomic E-state index is 0.0580. The van der Waals surface area contributed by atoms with E-state index in [1.807, 2.05) is 36.4 Å². The zero-order chi connectivity index (χ0) is 14.8. The van der Waals surface area contributed by atoms with E-state index in [0.717, 1.165) is 22.3 Å². The number of para-hydroxylation sites is 1. The molecule has 0 aliphatic heterocycles. The lowest BCUT2D eigenvalue weighted by Crippen LogP contribution is -1.95. The summed E-state index contributed by atoms with van der Waals surface area (Å²) in [7, 11) is 0. The molecule has 3 nitrogen and oxygen atoms in total. The Balaban J connectivity index is 1.98. The van der Waals surface area contributed by atoms with Gasteiger partial charge in [0.2, 0.25) is 0 Å². The monoisotopic (exact) mass is 296 g/mol. The number of halogens is 1. The summed E-state index contributed by atoms with van der Waals surface area (Å²) < 4.78 is 0. The normalized spacial score (nSPS) is 10.6. The number of benzene rings is 2. The molecule has 0 saturated carbocycles. The lowest BCUT2D eigenvalue weighted by molar-refractivity contribution is 0.101. The molecule has 3 aromatic rings. The average Bonchev–Trinajstić information content (AvgIpc) is 2.49. The predicted molar refractivity (Wildman–Crippen MR) is 86.5 cm³/mol. The SMILES string of the molecule is CC(=O)c1ccc(Nc2ccnc3c(Cl)cccc23)cc1. The summed E-state index contributed by atoms with van der Waals surface area (Å²) in [4.78, 5) is 15.6. The van der Waals surface area contributed by atoms with E-state index in [0.29, 0.717) is 10.6 Å². The van der Waals surface area contributed by atoms with Crippen LogP contribution in [0.2, 0.25) is 5.02 Å². The third-order valence-corrected chi connectivity index (χ3v) is 3.60. The number of pyridine rings is 1. The van der Waals surface area contributed by atoms with Crippen molar-refractivity contribution in [3.8, 4) is 0 Å². The second-order valence-electron chi connectivity index (χ2n) is 4.75. The van der Waals surface area contributed by atoms with Crippen molar-refractivity contribution >= 4 is 39.7 Å². The first-order chi connectivity index (χ1) is 10.1. The van der Waals surface area contributed by atoms with Gasteiger partial charge in [0.05, 0.1) is 10.5 Å². The fraction of sp³-hybridized carbons (Fsp3) is 0.0588. The minimum absolute atomic E-state index is 0.0580. The Morgan fingerprint density at radius 1 is 1.10 bits per heavy atom. The second-order valence-corrected chi connectivity index (χ2v) is 5.16. The van der Waals surface area contributed by atoms with Crippen LogP contribution in [0.4, 0.5) is 11.4 Å². The van der Waals surface area contributed by atoms with Crippen LogP contribution in [0.15, 0.2) is 54.7 Å². The number of nitrogens with one attached hydrogen (secondary N) is 1. The van der Waals surface area contributed by atoms with E-state index >= 15 is 0 Å². The topological polar surface area (TPSA) is 42.0 Å². The van der Waals surface area contributed by atoms with E-state index < -0.39 is 0 Å². The summed E-state index contributed by atoms with van der Waals surface area (Å²) in [5, 5.41) is 4.92. The van der Waals surface area contributed by atoms with E-state index in [1.54, 1.807) is 25.3 Å². The first-order valence-corrected chi connectivity index (χ1v) is 6.94. The maximum Gasteiger partial charge on any atom is 0.159 e. The van der Waals surface area contributed by atoms with Gasteiger partial charge < -0.3 is 5.32 Å². The number of rotatable bonds is 3. The van der Waals surface area contributed by atoms with E-state index in [1.165, 1.54) is 0 Å². The number of anilines is 2. The molecule has 1 aromatic heterocycles. The molecule has 0 saturated heterocycles. The van der Waals surface area contributed by atoms with Crippen molar-refractivity contribution in [2.24, 2.45) is 0 Å². The largest absolute Gasteiger partial charge is 0.355 e. The molecule has 0 aliphatic carbocycles. The van der Waals surface area contributed by atoms with Crippen molar-refractivity contribution in [3.63, 3.8) is 0 Å².